The first-order valence-electron chi connectivity index (χ1n) is 6.11. The molecule has 0 fully saturated rings. The highest BCUT2D eigenvalue weighted by atomic mass is 16.5. The van der Waals surface area contributed by atoms with Crippen molar-refractivity contribution in [2.45, 2.75) is 13.5 Å². The van der Waals surface area contributed by atoms with Gasteiger partial charge < -0.3 is 9.84 Å². The summed E-state index contributed by atoms with van der Waals surface area (Å²) in [6.45, 7) is 2.07. The fourth-order valence-electron chi connectivity index (χ4n) is 1.68. The number of benzene rings is 2. The van der Waals surface area contributed by atoms with E-state index >= 15 is 0 Å². The summed E-state index contributed by atoms with van der Waals surface area (Å²) in [5.41, 5.74) is 2.81. The van der Waals surface area contributed by atoms with Gasteiger partial charge in [0.2, 0.25) is 0 Å². The van der Waals surface area contributed by atoms with Crippen LogP contribution < -0.4 is 4.74 Å². The van der Waals surface area contributed by atoms with Gasteiger partial charge in [0.25, 0.3) is 0 Å². The zero-order chi connectivity index (χ0) is 13.7. The van der Waals surface area contributed by atoms with Crippen LogP contribution in [0.3, 0.4) is 0 Å². The van der Waals surface area contributed by atoms with Crippen molar-refractivity contribution in [2.75, 3.05) is 6.61 Å². The summed E-state index contributed by atoms with van der Waals surface area (Å²) in [5, 5.41) is 8.75. The summed E-state index contributed by atoms with van der Waals surface area (Å²) in [5.74, 6) is 0.417. The van der Waals surface area contributed by atoms with Crippen LogP contribution in [0, 0.1) is 6.92 Å². The van der Waals surface area contributed by atoms with E-state index in [0.29, 0.717) is 17.9 Å². The molecule has 98 valence electrons. The molecule has 0 heterocycles. The first kappa shape index (κ1) is 13.3. The topological polar surface area (TPSA) is 46.5 Å². The van der Waals surface area contributed by atoms with Gasteiger partial charge >= 0.3 is 0 Å². The number of ketones is 1. The molecule has 0 amide bonds. The number of carbonyl (C=O) groups excluding carboxylic acids is 1. The number of carbonyl (C=O) groups is 1. The molecule has 2 aromatic carbocycles. The molecular weight excluding hydrogens is 240 g/mol. The molecule has 0 saturated heterocycles. The Morgan fingerprint density at radius 2 is 1.68 bits per heavy atom. The zero-order valence-corrected chi connectivity index (χ0v) is 10.8. The van der Waals surface area contributed by atoms with E-state index in [9.17, 15) is 4.79 Å². The van der Waals surface area contributed by atoms with Gasteiger partial charge in [-0.1, -0.05) is 29.8 Å². The molecule has 2 rings (SSSR count). The molecule has 2 aromatic rings. The summed E-state index contributed by atoms with van der Waals surface area (Å²) >= 11 is 0. The van der Waals surface area contributed by atoms with E-state index in [1.165, 1.54) is 5.56 Å². The molecule has 0 aliphatic heterocycles. The lowest BCUT2D eigenvalue weighted by Crippen LogP contribution is -2.04. The smallest absolute Gasteiger partial charge is 0.188 e. The Balaban J connectivity index is 1.96. The molecule has 0 aliphatic carbocycles. The lowest BCUT2D eigenvalue weighted by molar-refractivity contribution is 0.0903. The summed E-state index contributed by atoms with van der Waals surface area (Å²) in [6.07, 6.45) is 0. The predicted molar refractivity (Wildman–Crippen MR) is 73.4 cm³/mol. The Morgan fingerprint density at radius 3 is 2.26 bits per heavy atom. The molecule has 0 unspecified atom stereocenters. The van der Waals surface area contributed by atoms with Crippen LogP contribution in [0.4, 0.5) is 0 Å². The van der Waals surface area contributed by atoms with Gasteiger partial charge in [-0.05, 0) is 36.8 Å². The maximum atomic E-state index is 11.2. The Hall–Kier alpha value is -2.13. The molecule has 0 aliphatic rings. The molecule has 0 atom stereocenters. The van der Waals surface area contributed by atoms with E-state index in [1.807, 2.05) is 31.2 Å². The third kappa shape index (κ3) is 3.66. The minimum absolute atomic E-state index is 0.287. The largest absolute Gasteiger partial charge is 0.489 e. The first-order chi connectivity index (χ1) is 9.19. The predicted octanol–water partition coefficient (Wildman–Crippen LogP) is 2.75. The van der Waals surface area contributed by atoms with Crippen LogP contribution in [-0.4, -0.2) is 17.5 Å². The van der Waals surface area contributed by atoms with Gasteiger partial charge in [0.1, 0.15) is 19.0 Å². The van der Waals surface area contributed by atoms with Gasteiger partial charge in [-0.25, -0.2) is 0 Å². The van der Waals surface area contributed by atoms with E-state index in [0.717, 1.165) is 5.56 Å². The summed E-state index contributed by atoms with van der Waals surface area (Å²) in [4.78, 5) is 11.2. The average Bonchev–Trinajstić information content (AvgIpc) is 2.46. The van der Waals surface area contributed by atoms with Crippen molar-refractivity contribution in [1.29, 1.82) is 0 Å². The monoisotopic (exact) mass is 256 g/mol. The number of aryl methyl sites for hydroxylation is 1. The molecule has 0 saturated carbocycles. The average molecular weight is 256 g/mol. The Labute approximate surface area is 112 Å². The van der Waals surface area contributed by atoms with Crippen molar-refractivity contribution >= 4 is 5.78 Å². The molecule has 3 heteroatoms. The molecule has 3 nitrogen and oxygen atoms in total. The van der Waals surface area contributed by atoms with E-state index in [-0.39, 0.29) is 5.78 Å². The maximum absolute atomic E-state index is 11.2. The molecule has 1 N–H and O–H groups in total. The van der Waals surface area contributed by atoms with E-state index in [1.54, 1.807) is 24.3 Å². The van der Waals surface area contributed by atoms with Crippen LogP contribution >= 0.6 is 0 Å². The first-order valence-corrected chi connectivity index (χ1v) is 6.11. The normalized spacial score (nSPS) is 10.2. The standard InChI is InChI=1S/C16H16O3/c1-12-2-4-13(5-3-12)11-19-15-8-6-14(7-9-15)16(18)10-17/h2-9,17H,10-11H2,1H3. The number of hydrogen-bond acceptors (Lipinski definition) is 3. The summed E-state index contributed by atoms with van der Waals surface area (Å²) in [7, 11) is 0. The van der Waals surface area contributed by atoms with Crippen molar-refractivity contribution in [2.24, 2.45) is 0 Å². The van der Waals surface area contributed by atoms with Crippen molar-refractivity contribution in [1.82, 2.24) is 0 Å². The number of ether oxygens (including phenoxy) is 1. The van der Waals surface area contributed by atoms with Crippen LogP contribution in [0.5, 0.6) is 5.75 Å². The molecule has 0 aromatic heterocycles. The zero-order valence-electron chi connectivity index (χ0n) is 10.8. The fraction of sp³-hybridized carbons (Fsp3) is 0.188. The van der Waals surface area contributed by atoms with Crippen LogP contribution in [0.15, 0.2) is 48.5 Å². The van der Waals surface area contributed by atoms with E-state index < -0.39 is 6.61 Å². The van der Waals surface area contributed by atoms with Gasteiger partial charge in [0.05, 0.1) is 0 Å². The molecule has 19 heavy (non-hydrogen) atoms. The lowest BCUT2D eigenvalue weighted by Gasteiger charge is -2.07. The van der Waals surface area contributed by atoms with Gasteiger partial charge in [-0.3, -0.25) is 4.79 Å². The Kier molecular flexibility index (Phi) is 4.31. The van der Waals surface area contributed by atoms with Crippen molar-refractivity contribution in [3.05, 3.63) is 65.2 Å². The number of rotatable bonds is 5. The number of aliphatic hydroxyl groups excluding tert-OH is 1. The van der Waals surface area contributed by atoms with Crippen LogP contribution in [-0.2, 0) is 6.61 Å². The quantitative estimate of drug-likeness (QED) is 0.837. The SMILES string of the molecule is Cc1ccc(COc2ccc(C(=O)CO)cc2)cc1. The maximum Gasteiger partial charge on any atom is 0.188 e. The van der Waals surface area contributed by atoms with Crippen molar-refractivity contribution < 1.29 is 14.6 Å². The molecule has 0 radical (unpaired) electrons. The van der Waals surface area contributed by atoms with Crippen LogP contribution in [0.2, 0.25) is 0 Å². The van der Waals surface area contributed by atoms with Gasteiger partial charge in [0, 0.05) is 5.56 Å². The highest BCUT2D eigenvalue weighted by Gasteiger charge is 2.03. The molecule has 0 bridgehead atoms. The Bertz CT molecular complexity index is 541. The Morgan fingerprint density at radius 1 is 1.05 bits per heavy atom. The third-order valence-corrected chi connectivity index (χ3v) is 2.85. The second-order valence-electron chi connectivity index (χ2n) is 4.38. The summed E-state index contributed by atoms with van der Waals surface area (Å²) < 4.78 is 5.63. The van der Waals surface area contributed by atoms with Gasteiger partial charge in [-0.15, -0.1) is 0 Å². The fourth-order valence-corrected chi connectivity index (χ4v) is 1.68. The molecular formula is C16H16O3. The highest BCUT2D eigenvalue weighted by molar-refractivity contribution is 5.96. The third-order valence-electron chi connectivity index (χ3n) is 2.85. The number of aliphatic hydroxyl groups is 1. The van der Waals surface area contributed by atoms with Crippen molar-refractivity contribution in [3.8, 4) is 5.75 Å². The second-order valence-corrected chi connectivity index (χ2v) is 4.38. The highest BCUT2D eigenvalue weighted by Crippen LogP contribution is 2.14. The van der Waals surface area contributed by atoms with E-state index in [4.69, 9.17) is 9.84 Å². The minimum atomic E-state index is -0.469. The van der Waals surface area contributed by atoms with Gasteiger partial charge in [-0.2, -0.15) is 0 Å². The van der Waals surface area contributed by atoms with Crippen LogP contribution in [0.1, 0.15) is 21.5 Å². The molecule has 0 spiro atoms. The van der Waals surface area contributed by atoms with E-state index in [2.05, 4.69) is 0 Å². The lowest BCUT2D eigenvalue weighted by atomic mass is 10.1. The minimum Gasteiger partial charge on any atom is -0.489 e. The van der Waals surface area contributed by atoms with Crippen LogP contribution in [0.25, 0.3) is 0 Å². The number of Topliss-reactive ketones (excluding diaryl/α,β-unsaturated/α-hetero) is 1. The second kappa shape index (κ2) is 6.16. The number of hydrogen-bond donors (Lipinski definition) is 1. The summed E-state index contributed by atoms with van der Waals surface area (Å²) in [6, 6.07) is 14.9. The van der Waals surface area contributed by atoms with Gasteiger partial charge in [0.15, 0.2) is 5.78 Å². The van der Waals surface area contributed by atoms with Crippen molar-refractivity contribution in [3.63, 3.8) is 0 Å².